The Hall–Kier alpha value is -0.220. The van der Waals surface area contributed by atoms with Gasteiger partial charge in [0.2, 0.25) is 0 Å². The minimum Gasteiger partial charge on any atom is -0.480 e. The fraction of sp³-hybridized carbons (Fsp3) is 0.900. The predicted octanol–water partition coefficient (Wildman–Crippen LogP) is 1.88. The molecule has 1 fully saturated rings. The molecule has 0 aromatic heterocycles. The molecule has 1 N–H and O–H groups in total. The van der Waals surface area contributed by atoms with Crippen LogP contribution in [0, 0.1) is 5.41 Å². The van der Waals surface area contributed by atoms with Gasteiger partial charge in [-0.3, -0.25) is 9.69 Å². The Morgan fingerprint density at radius 1 is 1.57 bits per heavy atom. The summed E-state index contributed by atoms with van der Waals surface area (Å²) in [4.78, 5) is 12.9. The van der Waals surface area contributed by atoms with Crippen LogP contribution in [0.5, 0.6) is 0 Å². The van der Waals surface area contributed by atoms with Crippen LogP contribution in [0.1, 0.15) is 27.2 Å². The van der Waals surface area contributed by atoms with Gasteiger partial charge in [-0.1, -0.05) is 20.8 Å². The molecule has 1 saturated heterocycles. The van der Waals surface area contributed by atoms with Gasteiger partial charge in [-0.25, -0.2) is 0 Å². The molecule has 1 unspecified atom stereocenters. The molecule has 0 radical (unpaired) electrons. The zero-order valence-corrected chi connectivity index (χ0v) is 9.93. The molecule has 0 spiro atoms. The summed E-state index contributed by atoms with van der Waals surface area (Å²) in [6, 6.07) is -0.262. The van der Waals surface area contributed by atoms with E-state index in [0.717, 1.165) is 24.6 Å². The van der Waals surface area contributed by atoms with Gasteiger partial charge >= 0.3 is 5.97 Å². The van der Waals surface area contributed by atoms with E-state index in [4.69, 9.17) is 5.11 Å². The lowest BCUT2D eigenvalue weighted by Crippen LogP contribution is -2.39. The first-order valence-corrected chi connectivity index (χ1v) is 6.10. The highest BCUT2D eigenvalue weighted by molar-refractivity contribution is 7.99. The van der Waals surface area contributed by atoms with Gasteiger partial charge in [-0.15, -0.1) is 11.8 Å². The maximum absolute atomic E-state index is 10.9. The lowest BCUT2D eigenvalue weighted by molar-refractivity contribution is -0.141. The van der Waals surface area contributed by atoms with Crippen molar-refractivity contribution < 1.29 is 9.90 Å². The Labute approximate surface area is 89.9 Å². The monoisotopic (exact) mass is 217 g/mol. The number of nitrogens with zero attached hydrogens (tertiary/aromatic N) is 1. The highest BCUT2D eigenvalue weighted by atomic mass is 32.2. The first kappa shape index (κ1) is 11.9. The molecule has 0 bridgehead atoms. The molecule has 1 aliphatic rings. The Balaban J connectivity index is 2.40. The summed E-state index contributed by atoms with van der Waals surface area (Å²) in [5.74, 6) is 0.927. The Kier molecular flexibility index (Phi) is 3.84. The van der Waals surface area contributed by atoms with Crippen LogP contribution in [0.25, 0.3) is 0 Å². The molecule has 1 atom stereocenters. The van der Waals surface area contributed by atoms with E-state index < -0.39 is 5.97 Å². The first-order valence-electron chi connectivity index (χ1n) is 4.95. The number of carboxylic acids is 1. The normalized spacial score (nSPS) is 24.1. The molecule has 0 aromatic rings. The molecular weight excluding hydrogens is 198 g/mol. The van der Waals surface area contributed by atoms with Crippen LogP contribution in [-0.2, 0) is 4.79 Å². The zero-order chi connectivity index (χ0) is 10.8. The molecular formula is C10H19NO2S. The van der Waals surface area contributed by atoms with Crippen LogP contribution in [0.2, 0.25) is 0 Å². The molecule has 0 amide bonds. The summed E-state index contributed by atoms with van der Waals surface area (Å²) in [5.41, 5.74) is 0.288. The van der Waals surface area contributed by atoms with Crippen molar-refractivity contribution in [2.24, 2.45) is 5.41 Å². The van der Waals surface area contributed by atoms with Crippen molar-refractivity contribution in [3.05, 3.63) is 0 Å². The summed E-state index contributed by atoms with van der Waals surface area (Å²) in [6.45, 7) is 7.46. The summed E-state index contributed by atoms with van der Waals surface area (Å²) in [6.07, 6.45) is 1.05. The topological polar surface area (TPSA) is 40.5 Å². The van der Waals surface area contributed by atoms with E-state index in [1.807, 2.05) is 0 Å². The van der Waals surface area contributed by atoms with Crippen molar-refractivity contribution in [3.63, 3.8) is 0 Å². The largest absolute Gasteiger partial charge is 0.480 e. The third-order valence-electron chi connectivity index (χ3n) is 2.41. The van der Waals surface area contributed by atoms with Crippen molar-refractivity contribution in [1.82, 2.24) is 4.90 Å². The van der Waals surface area contributed by atoms with Gasteiger partial charge in [0.05, 0.1) is 0 Å². The fourth-order valence-electron chi connectivity index (χ4n) is 1.40. The molecule has 1 rings (SSSR count). The maximum atomic E-state index is 10.9. The smallest absolute Gasteiger partial charge is 0.321 e. The molecule has 82 valence electrons. The second-order valence-corrected chi connectivity index (χ2v) is 5.98. The van der Waals surface area contributed by atoms with E-state index in [0.29, 0.717) is 0 Å². The molecule has 4 heteroatoms. The van der Waals surface area contributed by atoms with Crippen LogP contribution >= 0.6 is 11.8 Å². The first-order chi connectivity index (χ1) is 6.40. The number of carbonyl (C=O) groups is 1. The van der Waals surface area contributed by atoms with Crippen LogP contribution in [-0.4, -0.2) is 40.2 Å². The molecule has 1 aliphatic heterocycles. The third-order valence-corrected chi connectivity index (χ3v) is 3.47. The van der Waals surface area contributed by atoms with Crippen LogP contribution in [0.15, 0.2) is 0 Å². The quantitative estimate of drug-likeness (QED) is 0.783. The minimum absolute atomic E-state index is 0.262. The van der Waals surface area contributed by atoms with Crippen molar-refractivity contribution >= 4 is 17.7 Å². The van der Waals surface area contributed by atoms with Crippen molar-refractivity contribution in [1.29, 1.82) is 0 Å². The zero-order valence-electron chi connectivity index (χ0n) is 9.12. The third kappa shape index (κ3) is 3.50. The van der Waals surface area contributed by atoms with E-state index >= 15 is 0 Å². The Morgan fingerprint density at radius 2 is 2.21 bits per heavy atom. The predicted molar refractivity (Wildman–Crippen MR) is 59.5 cm³/mol. The highest BCUT2D eigenvalue weighted by Crippen LogP contribution is 2.25. The Bertz CT molecular complexity index is 213. The van der Waals surface area contributed by atoms with E-state index in [-0.39, 0.29) is 11.5 Å². The Morgan fingerprint density at radius 3 is 2.71 bits per heavy atom. The van der Waals surface area contributed by atoms with E-state index in [1.165, 1.54) is 0 Å². The van der Waals surface area contributed by atoms with Crippen molar-refractivity contribution in [3.8, 4) is 0 Å². The molecule has 1 heterocycles. The van der Waals surface area contributed by atoms with Gasteiger partial charge in [0.15, 0.2) is 0 Å². The number of hydrogen-bond acceptors (Lipinski definition) is 3. The average Bonchev–Trinajstić information content (AvgIpc) is 2.46. The maximum Gasteiger partial charge on any atom is 0.321 e. The molecule has 14 heavy (non-hydrogen) atoms. The number of carboxylic acid groups (broad SMARTS) is 1. The average molecular weight is 217 g/mol. The second kappa shape index (κ2) is 4.53. The van der Waals surface area contributed by atoms with Gasteiger partial charge in [-0.2, -0.15) is 0 Å². The summed E-state index contributed by atoms with van der Waals surface area (Å²) in [7, 11) is 0. The fourth-order valence-corrected chi connectivity index (χ4v) is 2.63. The van der Waals surface area contributed by atoms with Crippen molar-refractivity contribution in [2.75, 3.05) is 18.2 Å². The highest BCUT2D eigenvalue weighted by Gasteiger charge is 2.31. The van der Waals surface area contributed by atoms with E-state index in [2.05, 4.69) is 25.7 Å². The lowest BCUT2D eigenvalue weighted by Gasteiger charge is -2.25. The van der Waals surface area contributed by atoms with E-state index in [9.17, 15) is 4.79 Å². The number of hydrogen-bond donors (Lipinski definition) is 1. The summed E-state index contributed by atoms with van der Waals surface area (Å²) < 4.78 is 0. The van der Waals surface area contributed by atoms with Gasteiger partial charge in [0, 0.05) is 18.2 Å². The SMILES string of the molecule is CC(C)(C)CCN1CSCC1C(=O)O. The van der Waals surface area contributed by atoms with Gasteiger partial charge < -0.3 is 5.11 Å². The van der Waals surface area contributed by atoms with Crippen molar-refractivity contribution in [2.45, 2.75) is 33.2 Å². The standard InChI is InChI=1S/C10H19NO2S/c1-10(2,3)4-5-11-7-14-6-8(11)9(12)13/h8H,4-7H2,1-3H3,(H,12,13). The molecule has 0 aliphatic carbocycles. The molecule has 3 nitrogen and oxygen atoms in total. The minimum atomic E-state index is -0.677. The van der Waals surface area contributed by atoms with Crippen LogP contribution in [0.4, 0.5) is 0 Å². The number of rotatable bonds is 3. The summed E-state index contributed by atoms with van der Waals surface area (Å²) in [5, 5.41) is 8.96. The van der Waals surface area contributed by atoms with E-state index in [1.54, 1.807) is 11.8 Å². The number of thioether (sulfide) groups is 1. The van der Waals surface area contributed by atoms with Gasteiger partial charge in [-0.05, 0) is 11.8 Å². The lowest BCUT2D eigenvalue weighted by atomic mass is 9.92. The van der Waals surface area contributed by atoms with Crippen LogP contribution in [0.3, 0.4) is 0 Å². The second-order valence-electron chi connectivity index (χ2n) is 4.98. The van der Waals surface area contributed by atoms with Gasteiger partial charge in [0.25, 0.3) is 0 Å². The number of aliphatic carboxylic acids is 1. The summed E-state index contributed by atoms with van der Waals surface area (Å²) >= 11 is 1.71. The molecule has 0 aromatic carbocycles. The van der Waals surface area contributed by atoms with Gasteiger partial charge in [0.1, 0.15) is 6.04 Å². The molecule has 0 saturated carbocycles. The van der Waals surface area contributed by atoms with Crippen LogP contribution < -0.4 is 0 Å².